The maximum atomic E-state index is 12.9. The molecule has 2 aromatic heterocycles. The lowest BCUT2D eigenvalue weighted by molar-refractivity contribution is -0.134. The van der Waals surface area contributed by atoms with Crippen molar-refractivity contribution in [3.8, 4) is 17.2 Å². The molecule has 10 heteroatoms. The highest BCUT2D eigenvalue weighted by molar-refractivity contribution is 5.98. The number of primary amides is 1. The molecule has 1 aliphatic rings. The zero-order chi connectivity index (χ0) is 29.0. The first-order valence-electron chi connectivity index (χ1n) is 13.5. The molecule has 0 atom stereocenters. The molecule has 3 amide bonds. The third-order valence-corrected chi connectivity index (χ3v) is 6.79. The normalized spacial score (nSPS) is 13.6. The zero-order valence-corrected chi connectivity index (χ0v) is 23.5. The molecule has 5 rings (SSSR count). The van der Waals surface area contributed by atoms with Crippen molar-refractivity contribution in [2.75, 3.05) is 31.2 Å². The maximum Gasteiger partial charge on any atom is 0.325 e. The Morgan fingerprint density at radius 3 is 2.20 bits per heavy atom. The number of anilines is 2. The Morgan fingerprint density at radius 1 is 0.951 bits per heavy atom. The number of hydrogen-bond donors (Lipinski definition) is 1. The number of benzene rings is 2. The van der Waals surface area contributed by atoms with E-state index in [4.69, 9.17) is 20.3 Å². The molecule has 0 spiro atoms. The van der Waals surface area contributed by atoms with Crippen molar-refractivity contribution in [2.24, 2.45) is 5.73 Å². The van der Waals surface area contributed by atoms with Gasteiger partial charge in [0.05, 0.1) is 36.7 Å². The summed E-state index contributed by atoms with van der Waals surface area (Å²) >= 11 is 0. The van der Waals surface area contributed by atoms with E-state index in [1.165, 1.54) is 4.90 Å². The maximum absolute atomic E-state index is 12.9. The molecule has 1 saturated heterocycles. The van der Waals surface area contributed by atoms with Gasteiger partial charge in [-0.1, -0.05) is 32.9 Å². The average molecular weight is 555 g/mol. The number of morpholine rings is 1. The SMILES string of the molecule is CC(C)(C)c1cc(N(C(N)=O)c2ccc(Oc3ccncc3)cc2)n(-c2ccc(CC(=O)N3CCOCC3)cc2)n1. The number of carbonyl (C=O) groups excluding carboxylic acids is 2. The van der Waals surface area contributed by atoms with Crippen molar-refractivity contribution < 1.29 is 19.1 Å². The van der Waals surface area contributed by atoms with E-state index in [0.29, 0.717) is 55.7 Å². The lowest BCUT2D eigenvalue weighted by atomic mass is 9.92. The minimum absolute atomic E-state index is 0.0760. The van der Waals surface area contributed by atoms with Crippen LogP contribution in [0.15, 0.2) is 79.1 Å². The number of ether oxygens (including phenoxy) is 2. The molecule has 0 radical (unpaired) electrons. The van der Waals surface area contributed by atoms with Crippen LogP contribution in [0.4, 0.5) is 16.3 Å². The first-order chi connectivity index (χ1) is 19.7. The van der Waals surface area contributed by atoms with Crippen LogP contribution in [0, 0.1) is 0 Å². The van der Waals surface area contributed by atoms with Gasteiger partial charge in [0.25, 0.3) is 0 Å². The number of nitrogens with zero attached hydrogens (tertiary/aromatic N) is 5. The van der Waals surface area contributed by atoms with Crippen LogP contribution in [-0.2, 0) is 21.4 Å². The number of rotatable bonds is 7. The fourth-order valence-electron chi connectivity index (χ4n) is 4.52. The molecule has 0 unspecified atom stereocenters. The number of hydrogen-bond acceptors (Lipinski definition) is 6. The third kappa shape index (κ3) is 6.55. The predicted octanol–water partition coefficient (Wildman–Crippen LogP) is 4.98. The number of amides is 3. The number of pyridine rings is 1. The van der Waals surface area contributed by atoms with Gasteiger partial charge in [0.2, 0.25) is 5.91 Å². The van der Waals surface area contributed by atoms with Crippen molar-refractivity contribution in [3.05, 3.63) is 90.4 Å². The Morgan fingerprint density at radius 2 is 1.59 bits per heavy atom. The Bertz CT molecular complexity index is 1490. The van der Waals surface area contributed by atoms with Crippen LogP contribution in [0.3, 0.4) is 0 Å². The number of aromatic nitrogens is 3. The first kappa shape index (κ1) is 27.9. The molecule has 1 fully saturated rings. The molecule has 10 nitrogen and oxygen atoms in total. The fraction of sp³-hybridized carbons (Fsp3) is 0.290. The Balaban J connectivity index is 1.44. The van der Waals surface area contributed by atoms with E-state index in [1.807, 2.05) is 35.2 Å². The van der Waals surface area contributed by atoms with Gasteiger partial charge in [0, 0.05) is 37.0 Å². The molecule has 4 aromatic rings. The second kappa shape index (κ2) is 11.8. The molecule has 1 aliphatic heterocycles. The van der Waals surface area contributed by atoms with E-state index < -0.39 is 6.03 Å². The zero-order valence-electron chi connectivity index (χ0n) is 23.5. The van der Waals surface area contributed by atoms with E-state index in [1.54, 1.807) is 53.5 Å². The highest BCUT2D eigenvalue weighted by Crippen LogP contribution is 2.34. The summed E-state index contributed by atoms with van der Waals surface area (Å²) in [5.74, 6) is 1.84. The Labute approximate surface area is 239 Å². The van der Waals surface area contributed by atoms with E-state index in [9.17, 15) is 9.59 Å². The average Bonchev–Trinajstić information content (AvgIpc) is 3.41. The van der Waals surface area contributed by atoms with Crippen LogP contribution in [0.5, 0.6) is 11.5 Å². The van der Waals surface area contributed by atoms with Crippen molar-refractivity contribution >= 4 is 23.4 Å². The minimum atomic E-state index is -0.651. The van der Waals surface area contributed by atoms with Crippen molar-refractivity contribution in [3.63, 3.8) is 0 Å². The smallest absolute Gasteiger partial charge is 0.325 e. The molecule has 0 aliphatic carbocycles. The summed E-state index contributed by atoms with van der Waals surface area (Å²) in [7, 11) is 0. The molecule has 2 aromatic carbocycles. The summed E-state index contributed by atoms with van der Waals surface area (Å²) in [6, 6.07) is 19.5. The summed E-state index contributed by atoms with van der Waals surface area (Å²) in [6.45, 7) is 8.54. The Hall–Kier alpha value is -4.70. The number of nitrogens with two attached hydrogens (primary N) is 1. The topological polar surface area (TPSA) is 116 Å². The van der Waals surface area contributed by atoms with Crippen LogP contribution >= 0.6 is 0 Å². The first-order valence-corrected chi connectivity index (χ1v) is 13.5. The number of urea groups is 1. The van der Waals surface area contributed by atoms with Gasteiger partial charge >= 0.3 is 6.03 Å². The molecular weight excluding hydrogens is 520 g/mol. The summed E-state index contributed by atoms with van der Waals surface area (Å²) in [6.07, 6.45) is 3.61. The number of carbonyl (C=O) groups is 2. The van der Waals surface area contributed by atoms with Gasteiger partial charge in [-0.3, -0.25) is 9.78 Å². The second-order valence-corrected chi connectivity index (χ2v) is 10.8. The van der Waals surface area contributed by atoms with Gasteiger partial charge < -0.3 is 20.1 Å². The van der Waals surface area contributed by atoms with Gasteiger partial charge in [-0.05, 0) is 54.1 Å². The highest BCUT2D eigenvalue weighted by atomic mass is 16.5. The summed E-state index contributed by atoms with van der Waals surface area (Å²) in [4.78, 5) is 32.8. The third-order valence-electron chi connectivity index (χ3n) is 6.79. The molecule has 2 N–H and O–H groups in total. The van der Waals surface area contributed by atoms with E-state index in [2.05, 4.69) is 25.8 Å². The summed E-state index contributed by atoms with van der Waals surface area (Å²) in [5, 5.41) is 4.87. The van der Waals surface area contributed by atoms with Crippen LogP contribution < -0.4 is 15.4 Å². The molecule has 41 heavy (non-hydrogen) atoms. The molecular formula is C31H34N6O4. The molecule has 3 heterocycles. The van der Waals surface area contributed by atoms with Crippen molar-refractivity contribution in [1.82, 2.24) is 19.7 Å². The summed E-state index contributed by atoms with van der Waals surface area (Å²) in [5.41, 5.74) is 8.64. The largest absolute Gasteiger partial charge is 0.457 e. The van der Waals surface area contributed by atoms with Crippen LogP contribution in [0.2, 0.25) is 0 Å². The van der Waals surface area contributed by atoms with E-state index in [-0.39, 0.29) is 11.3 Å². The fourth-order valence-corrected chi connectivity index (χ4v) is 4.52. The highest BCUT2D eigenvalue weighted by Gasteiger charge is 2.27. The van der Waals surface area contributed by atoms with Gasteiger partial charge in [0.1, 0.15) is 17.3 Å². The standard InChI is InChI=1S/C31H34N6O4/c1-31(2,3)27-21-28(36(30(32)39)23-8-10-25(11-9-23)41-26-12-14-33-15-13-26)37(34-27)24-6-4-22(5-7-24)20-29(38)35-16-18-40-19-17-35/h4-15,21H,16-20H2,1-3H3,(H2,32,39). The molecule has 0 saturated carbocycles. The van der Waals surface area contributed by atoms with Gasteiger partial charge in [0.15, 0.2) is 0 Å². The molecule has 0 bridgehead atoms. The van der Waals surface area contributed by atoms with Gasteiger partial charge in [-0.15, -0.1) is 0 Å². The van der Waals surface area contributed by atoms with E-state index >= 15 is 0 Å². The predicted molar refractivity (Wildman–Crippen MR) is 156 cm³/mol. The molecule has 212 valence electrons. The van der Waals surface area contributed by atoms with Crippen LogP contribution in [-0.4, -0.2) is 57.9 Å². The lowest BCUT2D eigenvalue weighted by Crippen LogP contribution is -2.41. The Kier molecular flexibility index (Phi) is 8.02. The second-order valence-electron chi connectivity index (χ2n) is 10.8. The van der Waals surface area contributed by atoms with Gasteiger partial charge in [-0.25, -0.2) is 14.4 Å². The van der Waals surface area contributed by atoms with Crippen molar-refractivity contribution in [2.45, 2.75) is 32.6 Å². The van der Waals surface area contributed by atoms with Gasteiger partial charge in [-0.2, -0.15) is 5.10 Å². The van der Waals surface area contributed by atoms with Crippen molar-refractivity contribution in [1.29, 1.82) is 0 Å². The van der Waals surface area contributed by atoms with Crippen LogP contribution in [0.25, 0.3) is 5.69 Å². The van der Waals surface area contributed by atoms with E-state index in [0.717, 1.165) is 16.9 Å². The lowest BCUT2D eigenvalue weighted by Gasteiger charge is -2.27. The minimum Gasteiger partial charge on any atom is -0.457 e. The van der Waals surface area contributed by atoms with Crippen LogP contribution in [0.1, 0.15) is 32.0 Å². The quantitative estimate of drug-likeness (QED) is 0.345. The summed E-state index contributed by atoms with van der Waals surface area (Å²) < 4.78 is 12.9. The monoisotopic (exact) mass is 554 g/mol.